The molecule has 0 radical (unpaired) electrons. The molecule has 0 spiro atoms. The van der Waals surface area contributed by atoms with Gasteiger partial charge in [-0.15, -0.1) is 0 Å². The van der Waals surface area contributed by atoms with Crippen LogP contribution in [0.15, 0.2) is 164 Å². The van der Waals surface area contributed by atoms with E-state index < -0.39 is 0 Å². The van der Waals surface area contributed by atoms with Gasteiger partial charge < -0.3 is 13.7 Å². The number of para-hydroxylation sites is 5. The van der Waals surface area contributed by atoms with Crippen LogP contribution in [0, 0.1) is 0 Å². The minimum atomic E-state index is 1.16. The molecule has 3 aromatic heterocycles. The smallest absolute Gasteiger partial charge is 0.0641 e. The van der Waals surface area contributed by atoms with E-state index in [1.807, 2.05) is 0 Å². The minimum Gasteiger partial charge on any atom is -0.309 e. The summed E-state index contributed by atoms with van der Waals surface area (Å²) in [7, 11) is 0. The maximum Gasteiger partial charge on any atom is 0.0641 e. The molecule has 45 heavy (non-hydrogen) atoms. The Hall–Kier alpha value is -6.06. The van der Waals surface area contributed by atoms with Crippen LogP contribution in [0.25, 0.3) is 82.5 Å². The first-order valence-electron chi connectivity index (χ1n) is 15.5. The van der Waals surface area contributed by atoms with E-state index in [0.29, 0.717) is 0 Å². The van der Waals surface area contributed by atoms with Gasteiger partial charge in [-0.05, 0) is 60.7 Å². The van der Waals surface area contributed by atoms with Crippen molar-refractivity contribution in [3.8, 4) is 17.1 Å². The van der Waals surface area contributed by atoms with Crippen molar-refractivity contribution in [1.29, 1.82) is 0 Å². The standard InChI is InChI=1S/C42H27N3/c1-4-14-28(15-5-1)43-35-22-12-10-20-33(35)39-37(43)26-24-31-32-25-27-38-40(42(32)45(41(31)39)30-18-8-3-9-19-30)34-21-11-13-23-36(34)44(38)29-16-6-2-7-17-29/h1-27H. The van der Waals surface area contributed by atoms with Gasteiger partial charge >= 0.3 is 0 Å². The molecule has 210 valence electrons. The maximum absolute atomic E-state index is 2.53. The van der Waals surface area contributed by atoms with Gasteiger partial charge in [0.25, 0.3) is 0 Å². The van der Waals surface area contributed by atoms with E-state index in [4.69, 9.17) is 0 Å². The summed E-state index contributed by atoms with van der Waals surface area (Å²) < 4.78 is 7.35. The summed E-state index contributed by atoms with van der Waals surface area (Å²) in [6.45, 7) is 0. The van der Waals surface area contributed by atoms with Crippen molar-refractivity contribution in [3.63, 3.8) is 0 Å². The van der Waals surface area contributed by atoms with E-state index in [2.05, 4.69) is 177 Å². The van der Waals surface area contributed by atoms with Crippen molar-refractivity contribution < 1.29 is 0 Å². The lowest BCUT2D eigenvalue weighted by molar-refractivity contribution is 1.17. The van der Waals surface area contributed by atoms with Gasteiger partial charge in [-0.1, -0.05) is 103 Å². The summed E-state index contributed by atoms with van der Waals surface area (Å²) in [6.07, 6.45) is 0. The number of nitrogens with zero attached hydrogens (tertiary/aromatic N) is 3. The number of hydrogen-bond donors (Lipinski definition) is 0. The fourth-order valence-electron chi connectivity index (χ4n) is 7.64. The Morgan fingerprint density at radius 1 is 0.244 bits per heavy atom. The van der Waals surface area contributed by atoms with E-state index >= 15 is 0 Å². The average Bonchev–Trinajstić information content (AvgIpc) is 3.75. The van der Waals surface area contributed by atoms with E-state index in [0.717, 1.165) is 5.69 Å². The van der Waals surface area contributed by atoms with Crippen LogP contribution >= 0.6 is 0 Å². The predicted octanol–water partition coefficient (Wildman–Crippen LogP) is 11.0. The molecule has 3 heteroatoms. The molecule has 10 rings (SSSR count). The number of aromatic nitrogens is 3. The third kappa shape index (κ3) is 3.30. The Bertz CT molecular complexity index is 2560. The molecule has 0 saturated carbocycles. The quantitative estimate of drug-likeness (QED) is 0.200. The molecular formula is C42H27N3. The molecule has 0 atom stereocenters. The van der Waals surface area contributed by atoms with Gasteiger partial charge in [0.1, 0.15) is 0 Å². The maximum atomic E-state index is 2.53. The molecule has 0 saturated heterocycles. The first kappa shape index (κ1) is 24.4. The third-order valence-electron chi connectivity index (χ3n) is 9.40. The second-order valence-corrected chi connectivity index (χ2v) is 11.8. The summed E-state index contributed by atoms with van der Waals surface area (Å²) in [6, 6.07) is 59.3. The van der Waals surface area contributed by atoms with Gasteiger partial charge in [0.2, 0.25) is 0 Å². The van der Waals surface area contributed by atoms with Gasteiger partial charge in [-0.3, -0.25) is 0 Å². The molecule has 3 heterocycles. The van der Waals surface area contributed by atoms with E-state index in [1.165, 1.54) is 76.8 Å². The fraction of sp³-hybridized carbons (Fsp3) is 0. The van der Waals surface area contributed by atoms with Crippen molar-refractivity contribution in [2.75, 3.05) is 0 Å². The molecule has 0 amide bonds. The Morgan fingerprint density at radius 2 is 0.600 bits per heavy atom. The monoisotopic (exact) mass is 573 g/mol. The van der Waals surface area contributed by atoms with Crippen LogP contribution in [-0.4, -0.2) is 13.7 Å². The van der Waals surface area contributed by atoms with Gasteiger partial charge in [0.05, 0.1) is 33.1 Å². The SMILES string of the molecule is c1ccc(-n2c3ccccc3c3c2ccc2c4ccc5c(c6ccccc6n5-c5ccccc5)c4n(-c4ccccc4)c23)cc1. The molecule has 0 aliphatic rings. The molecule has 0 N–H and O–H groups in total. The summed E-state index contributed by atoms with van der Waals surface area (Å²) in [5.41, 5.74) is 10.8. The van der Waals surface area contributed by atoms with Gasteiger partial charge in [-0.2, -0.15) is 0 Å². The van der Waals surface area contributed by atoms with Gasteiger partial charge in [-0.25, -0.2) is 0 Å². The highest BCUT2D eigenvalue weighted by Gasteiger charge is 2.24. The topological polar surface area (TPSA) is 14.8 Å². The lowest BCUT2D eigenvalue weighted by Gasteiger charge is -2.11. The number of benzene rings is 7. The Labute approximate surface area is 259 Å². The fourth-order valence-corrected chi connectivity index (χ4v) is 7.64. The van der Waals surface area contributed by atoms with Crippen molar-refractivity contribution in [3.05, 3.63) is 164 Å². The normalized spacial score (nSPS) is 12.0. The molecular weight excluding hydrogens is 546 g/mol. The molecule has 0 aliphatic carbocycles. The predicted molar refractivity (Wildman–Crippen MR) is 189 cm³/mol. The van der Waals surface area contributed by atoms with Crippen molar-refractivity contribution >= 4 is 65.4 Å². The lowest BCUT2D eigenvalue weighted by atomic mass is 10.1. The van der Waals surface area contributed by atoms with E-state index in [9.17, 15) is 0 Å². The highest BCUT2D eigenvalue weighted by molar-refractivity contribution is 6.31. The zero-order valence-electron chi connectivity index (χ0n) is 24.4. The highest BCUT2D eigenvalue weighted by atomic mass is 15.0. The van der Waals surface area contributed by atoms with Crippen molar-refractivity contribution in [2.24, 2.45) is 0 Å². The Kier molecular flexibility index (Phi) is 5.00. The number of hydrogen-bond acceptors (Lipinski definition) is 0. The molecule has 3 nitrogen and oxygen atoms in total. The molecule has 7 aromatic carbocycles. The minimum absolute atomic E-state index is 1.16. The van der Waals surface area contributed by atoms with Crippen LogP contribution in [0.2, 0.25) is 0 Å². The second kappa shape index (κ2) is 9.22. The Morgan fingerprint density at radius 3 is 1.02 bits per heavy atom. The molecule has 0 bridgehead atoms. The van der Waals surface area contributed by atoms with Crippen LogP contribution in [0.1, 0.15) is 0 Å². The van der Waals surface area contributed by atoms with E-state index in [-0.39, 0.29) is 0 Å². The highest BCUT2D eigenvalue weighted by Crippen LogP contribution is 2.45. The summed E-state index contributed by atoms with van der Waals surface area (Å²) in [5, 5.41) is 7.57. The largest absolute Gasteiger partial charge is 0.309 e. The lowest BCUT2D eigenvalue weighted by Crippen LogP contribution is -1.96. The summed E-state index contributed by atoms with van der Waals surface area (Å²) in [4.78, 5) is 0. The molecule has 0 fully saturated rings. The van der Waals surface area contributed by atoms with Crippen molar-refractivity contribution in [1.82, 2.24) is 13.7 Å². The zero-order chi connectivity index (χ0) is 29.5. The summed E-state index contributed by atoms with van der Waals surface area (Å²) in [5.74, 6) is 0. The van der Waals surface area contributed by atoms with E-state index in [1.54, 1.807) is 0 Å². The number of rotatable bonds is 3. The first-order chi connectivity index (χ1) is 22.4. The second-order valence-electron chi connectivity index (χ2n) is 11.8. The van der Waals surface area contributed by atoms with Gasteiger partial charge in [0.15, 0.2) is 0 Å². The molecule has 10 aromatic rings. The van der Waals surface area contributed by atoms with Crippen molar-refractivity contribution in [2.45, 2.75) is 0 Å². The van der Waals surface area contributed by atoms with Crippen LogP contribution in [0.5, 0.6) is 0 Å². The molecule has 0 aliphatic heterocycles. The average molecular weight is 574 g/mol. The molecule has 0 unspecified atom stereocenters. The first-order valence-corrected chi connectivity index (χ1v) is 15.5. The summed E-state index contributed by atoms with van der Waals surface area (Å²) >= 11 is 0. The van der Waals surface area contributed by atoms with Crippen LogP contribution in [-0.2, 0) is 0 Å². The van der Waals surface area contributed by atoms with Gasteiger partial charge in [0, 0.05) is 49.4 Å². The van der Waals surface area contributed by atoms with Crippen LogP contribution in [0.4, 0.5) is 0 Å². The van der Waals surface area contributed by atoms with Crippen LogP contribution < -0.4 is 0 Å². The number of fused-ring (bicyclic) bond motifs is 11. The van der Waals surface area contributed by atoms with Crippen LogP contribution in [0.3, 0.4) is 0 Å². The third-order valence-corrected chi connectivity index (χ3v) is 9.40. The zero-order valence-corrected chi connectivity index (χ0v) is 24.4. The Balaban J connectivity index is 1.48.